The molecule has 2 saturated heterocycles. The largest absolute Gasteiger partial charge is 0.368 e. The van der Waals surface area contributed by atoms with Gasteiger partial charge in [0, 0.05) is 11.6 Å². The molecule has 0 aromatic heterocycles. The standard InChI is InChI=1S/C37H33N5/c1-24-20-34(39-25(2)38-24)30-21-29(33-19-11-17-26-12-9-10-18-32(26)33)22-31(23-30)36-40-35(27-13-5-3-6-14-27)41-37(42(36)41)28-15-7-4-8-16-28/h3-24,35-37,40H,1-2H3,(H,38,39). The molecule has 6 unspecified atom stereocenters. The van der Waals surface area contributed by atoms with E-state index in [2.05, 4.69) is 155 Å². The molecule has 206 valence electrons. The summed E-state index contributed by atoms with van der Waals surface area (Å²) in [5, 5.41) is 14.9. The first kappa shape index (κ1) is 25.2. The molecule has 5 aromatic rings. The first-order valence-electron chi connectivity index (χ1n) is 14.7. The van der Waals surface area contributed by atoms with E-state index in [0.717, 1.165) is 17.1 Å². The highest BCUT2D eigenvalue weighted by Gasteiger charge is 2.60. The van der Waals surface area contributed by atoms with E-state index in [-0.39, 0.29) is 24.5 Å². The van der Waals surface area contributed by atoms with E-state index in [1.807, 2.05) is 6.92 Å². The van der Waals surface area contributed by atoms with Crippen LogP contribution in [0.1, 0.15) is 54.6 Å². The van der Waals surface area contributed by atoms with Crippen LogP contribution in [0.4, 0.5) is 0 Å². The van der Waals surface area contributed by atoms with Crippen molar-refractivity contribution in [2.75, 3.05) is 0 Å². The van der Waals surface area contributed by atoms with Crippen LogP contribution in [0.2, 0.25) is 0 Å². The molecule has 0 radical (unpaired) electrons. The molecule has 3 aliphatic heterocycles. The van der Waals surface area contributed by atoms with E-state index >= 15 is 0 Å². The maximum Gasteiger partial charge on any atom is 0.119 e. The maximum atomic E-state index is 4.94. The summed E-state index contributed by atoms with van der Waals surface area (Å²) in [6, 6.07) is 44.1. The summed E-state index contributed by atoms with van der Waals surface area (Å²) in [5.41, 5.74) is 8.40. The molecule has 0 saturated carbocycles. The third-order valence-corrected chi connectivity index (χ3v) is 8.57. The van der Waals surface area contributed by atoms with Gasteiger partial charge >= 0.3 is 0 Å². The first-order chi connectivity index (χ1) is 20.6. The van der Waals surface area contributed by atoms with Gasteiger partial charge in [-0.05, 0) is 76.7 Å². The Morgan fingerprint density at radius 2 is 1.29 bits per heavy atom. The molecular formula is C37H33N5. The van der Waals surface area contributed by atoms with E-state index < -0.39 is 0 Å². The Hall–Kier alpha value is -4.55. The Morgan fingerprint density at radius 3 is 2.05 bits per heavy atom. The summed E-state index contributed by atoms with van der Waals surface area (Å²) >= 11 is 0. The van der Waals surface area contributed by atoms with Gasteiger partial charge < -0.3 is 5.32 Å². The lowest BCUT2D eigenvalue weighted by atomic mass is 9.93. The van der Waals surface area contributed by atoms with Crippen LogP contribution in [0.15, 0.2) is 132 Å². The molecule has 0 bridgehead atoms. The van der Waals surface area contributed by atoms with Crippen molar-refractivity contribution < 1.29 is 0 Å². The number of hydrazine groups is 1. The molecule has 2 fully saturated rings. The van der Waals surface area contributed by atoms with Crippen molar-refractivity contribution in [1.82, 2.24) is 20.7 Å². The SMILES string of the molecule is CC1=NC(c2cc(-c3cccc4ccccc34)cc(C3NC(c4ccccc4)N4C(c5ccccc5)N34)c2)=CC(C)N1. The predicted octanol–water partition coefficient (Wildman–Crippen LogP) is 7.79. The third-order valence-electron chi connectivity index (χ3n) is 8.57. The van der Waals surface area contributed by atoms with Gasteiger partial charge in [-0.15, -0.1) is 0 Å². The van der Waals surface area contributed by atoms with Gasteiger partial charge in [0.05, 0.1) is 11.5 Å². The summed E-state index contributed by atoms with van der Waals surface area (Å²) in [6.07, 6.45) is 2.54. The fourth-order valence-corrected chi connectivity index (χ4v) is 6.72. The Bertz CT molecular complexity index is 1840. The van der Waals surface area contributed by atoms with Gasteiger partial charge in [0.15, 0.2) is 0 Å². The summed E-state index contributed by atoms with van der Waals surface area (Å²) in [5.74, 6) is 0.946. The summed E-state index contributed by atoms with van der Waals surface area (Å²) < 4.78 is 0. The minimum atomic E-state index is 0.0129. The van der Waals surface area contributed by atoms with Gasteiger partial charge in [-0.1, -0.05) is 103 Å². The zero-order chi connectivity index (χ0) is 28.2. The Balaban J connectivity index is 1.29. The molecule has 6 atom stereocenters. The van der Waals surface area contributed by atoms with E-state index in [0.29, 0.717) is 0 Å². The quantitative estimate of drug-likeness (QED) is 0.221. The fraction of sp³-hybridized carbons (Fsp3) is 0.162. The molecule has 3 heterocycles. The molecule has 3 aliphatic rings. The second-order valence-electron chi connectivity index (χ2n) is 11.5. The zero-order valence-electron chi connectivity index (χ0n) is 23.8. The molecule has 42 heavy (non-hydrogen) atoms. The summed E-state index contributed by atoms with van der Waals surface area (Å²) in [6.45, 7) is 4.22. The number of rotatable bonds is 5. The third kappa shape index (κ3) is 4.34. The minimum Gasteiger partial charge on any atom is -0.368 e. The highest BCUT2D eigenvalue weighted by Crippen LogP contribution is 2.57. The Labute approximate surface area is 246 Å². The van der Waals surface area contributed by atoms with Gasteiger partial charge in [-0.2, -0.15) is 10.0 Å². The minimum absolute atomic E-state index is 0.0129. The van der Waals surface area contributed by atoms with Crippen molar-refractivity contribution in [3.8, 4) is 11.1 Å². The molecule has 5 aromatic carbocycles. The van der Waals surface area contributed by atoms with Crippen LogP contribution in [0.25, 0.3) is 27.6 Å². The van der Waals surface area contributed by atoms with Crippen LogP contribution >= 0.6 is 0 Å². The predicted molar refractivity (Wildman–Crippen MR) is 171 cm³/mol. The number of fused-ring (bicyclic) bond motifs is 2. The van der Waals surface area contributed by atoms with Crippen LogP contribution in [-0.2, 0) is 0 Å². The average Bonchev–Trinajstić information content (AvgIpc) is 3.64. The highest BCUT2D eigenvalue weighted by molar-refractivity contribution is 5.97. The van der Waals surface area contributed by atoms with E-state index in [9.17, 15) is 0 Å². The second-order valence-corrected chi connectivity index (χ2v) is 11.5. The fourth-order valence-electron chi connectivity index (χ4n) is 6.72. The van der Waals surface area contributed by atoms with Gasteiger partial charge in [0.1, 0.15) is 18.5 Å². The molecule has 0 aliphatic carbocycles. The normalized spacial score (nSPS) is 26.2. The molecule has 0 amide bonds. The highest BCUT2D eigenvalue weighted by atomic mass is 15.9. The average molecular weight is 548 g/mol. The van der Waals surface area contributed by atoms with Gasteiger partial charge in [-0.25, -0.2) is 4.99 Å². The number of aliphatic imine (C=N–C) groups is 1. The van der Waals surface area contributed by atoms with Crippen molar-refractivity contribution in [3.63, 3.8) is 0 Å². The first-order valence-corrected chi connectivity index (χ1v) is 14.7. The molecular weight excluding hydrogens is 514 g/mol. The lowest BCUT2D eigenvalue weighted by Gasteiger charge is -2.23. The number of hydrogen-bond acceptors (Lipinski definition) is 5. The molecule has 0 spiro atoms. The number of nitrogens with zero attached hydrogens (tertiary/aromatic N) is 3. The number of benzene rings is 5. The molecule has 2 N–H and O–H groups in total. The van der Waals surface area contributed by atoms with Crippen molar-refractivity contribution in [2.45, 2.75) is 38.4 Å². The lowest BCUT2D eigenvalue weighted by molar-refractivity contribution is 0.314. The van der Waals surface area contributed by atoms with Crippen LogP contribution in [0, 0.1) is 0 Å². The maximum absolute atomic E-state index is 4.94. The Kier molecular flexibility index (Phi) is 6.04. The van der Waals surface area contributed by atoms with Gasteiger partial charge in [0.2, 0.25) is 0 Å². The van der Waals surface area contributed by atoms with E-state index in [4.69, 9.17) is 4.99 Å². The molecule has 5 nitrogen and oxygen atoms in total. The summed E-state index contributed by atoms with van der Waals surface area (Å²) in [7, 11) is 0. The number of amidine groups is 1. The van der Waals surface area contributed by atoms with Crippen molar-refractivity contribution in [1.29, 1.82) is 0 Å². The van der Waals surface area contributed by atoms with Crippen molar-refractivity contribution in [3.05, 3.63) is 150 Å². The van der Waals surface area contributed by atoms with Crippen LogP contribution in [-0.4, -0.2) is 21.9 Å². The van der Waals surface area contributed by atoms with E-state index in [1.165, 1.54) is 38.6 Å². The monoisotopic (exact) mass is 547 g/mol. The van der Waals surface area contributed by atoms with Gasteiger partial charge in [-0.3, -0.25) is 5.32 Å². The van der Waals surface area contributed by atoms with Crippen molar-refractivity contribution >= 4 is 22.3 Å². The van der Waals surface area contributed by atoms with Gasteiger partial charge in [0.25, 0.3) is 0 Å². The van der Waals surface area contributed by atoms with E-state index in [1.54, 1.807) is 0 Å². The number of hydrogen-bond donors (Lipinski definition) is 2. The number of nitrogens with one attached hydrogen (secondary N) is 2. The zero-order valence-corrected chi connectivity index (χ0v) is 23.8. The van der Waals surface area contributed by atoms with Crippen molar-refractivity contribution in [2.24, 2.45) is 4.99 Å². The van der Waals surface area contributed by atoms with Crippen LogP contribution < -0.4 is 10.6 Å². The Morgan fingerprint density at radius 1 is 0.643 bits per heavy atom. The second kappa shape index (κ2) is 10.1. The summed E-state index contributed by atoms with van der Waals surface area (Å²) in [4.78, 5) is 4.94. The smallest absolute Gasteiger partial charge is 0.119 e. The topological polar surface area (TPSA) is 42.4 Å². The van der Waals surface area contributed by atoms with Crippen LogP contribution in [0.3, 0.4) is 0 Å². The lowest BCUT2D eigenvalue weighted by Crippen LogP contribution is -2.31. The molecule has 5 heteroatoms. The van der Waals surface area contributed by atoms with Crippen LogP contribution in [0.5, 0.6) is 0 Å². The molecule has 8 rings (SSSR count).